The summed E-state index contributed by atoms with van der Waals surface area (Å²) in [5.74, 6) is -0.588. The van der Waals surface area contributed by atoms with Crippen molar-refractivity contribution >= 4 is 53.2 Å². The van der Waals surface area contributed by atoms with Crippen molar-refractivity contribution in [1.82, 2.24) is 15.0 Å². The summed E-state index contributed by atoms with van der Waals surface area (Å²) in [6.45, 7) is 6.05. The molecule has 1 saturated heterocycles. The topological polar surface area (TPSA) is 101 Å². The van der Waals surface area contributed by atoms with E-state index in [0.29, 0.717) is 37.9 Å². The van der Waals surface area contributed by atoms with Gasteiger partial charge in [-0.15, -0.1) is 5.10 Å². The van der Waals surface area contributed by atoms with Gasteiger partial charge in [0, 0.05) is 59.4 Å². The van der Waals surface area contributed by atoms with E-state index in [0.717, 1.165) is 38.2 Å². The molecule has 9 nitrogen and oxygen atoms in total. The Hall–Kier alpha value is -3.71. The third-order valence-corrected chi connectivity index (χ3v) is 13.1. The number of carbonyl (C=O) groups excluding carboxylic acids is 2. The summed E-state index contributed by atoms with van der Waals surface area (Å²) in [6.07, 6.45) is 3.29. The number of aliphatic hydroxyl groups excluding tert-OH is 1. The van der Waals surface area contributed by atoms with E-state index in [9.17, 15) is 14.7 Å². The van der Waals surface area contributed by atoms with E-state index in [1.54, 1.807) is 33.8 Å². The van der Waals surface area contributed by atoms with Gasteiger partial charge in [0.2, 0.25) is 14.3 Å². The van der Waals surface area contributed by atoms with Crippen molar-refractivity contribution in [2.24, 2.45) is 5.92 Å². The molecule has 12 heteroatoms. The first-order chi connectivity index (χ1) is 23.0. The molecule has 250 valence electrons. The van der Waals surface area contributed by atoms with E-state index in [1.807, 2.05) is 67.6 Å². The van der Waals surface area contributed by atoms with Gasteiger partial charge in [-0.05, 0) is 73.5 Å². The Morgan fingerprint density at radius 1 is 1.06 bits per heavy atom. The lowest BCUT2D eigenvalue weighted by atomic mass is 9.82. The molecule has 2 amide bonds. The van der Waals surface area contributed by atoms with Crippen molar-refractivity contribution < 1.29 is 23.5 Å². The van der Waals surface area contributed by atoms with Gasteiger partial charge < -0.3 is 18.9 Å². The molecule has 3 aliphatic rings. The smallest absolute Gasteiger partial charge is 0.264 e. The van der Waals surface area contributed by atoms with E-state index < -0.39 is 31.6 Å². The van der Waals surface area contributed by atoms with Crippen LogP contribution in [0.2, 0.25) is 18.6 Å². The molecule has 1 aromatic heterocycles. The van der Waals surface area contributed by atoms with Crippen LogP contribution in [-0.2, 0) is 45.9 Å². The zero-order chi connectivity index (χ0) is 33.8. The minimum Gasteiger partial charge on any atom is -0.396 e. The highest BCUT2D eigenvalue weighted by Crippen LogP contribution is 2.60. The van der Waals surface area contributed by atoms with Gasteiger partial charge in [-0.1, -0.05) is 58.4 Å². The SMILES string of the molecule is C[C@@H]1[C@@H]([Si](C)(C)F)[C@H](CCn2cc(CCO)nn2)O[C@@]12C(=O)N(Cc1cccc(N3C(=O)CCc4ccccc43)c1)c1ccc(Br)cc12. The Morgan fingerprint density at radius 2 is 1.88 bits per heavy atom. The first-order valence-corrected chi connectivity index (χ1v) is 20.2. The number of carbonyl (C=O) groups is 2. The minimum absolute atomic E-state index is 0.0175. The van der Waals surface area contributed by atoms with Gasteiger partial charge >= 0.3 is 0 Å². The van der Waals surface area contributed by atoms with Gasteiger partial charge in [-0.2, -0.15) is 0 Å². The lowest BCUT2D eigenvalue weighted by Gasteiger charge is -2.31. The van der Waals surface area contributed by atoms with Gasteiger partial charge in [0.05, 0.1) is 29.7 Å². The number of halogens is 2. The van der Waals surface area contributed by atoms with Crippen molar-refractivity contribution in [2.45, 2.75) is 76.0 Å². The van der Waals surface area contributed by atoms with Crippen LogP contribution in [0.3, 0.4) is 0 Å². The summed E-state index contributed by atoms with van der Waals surface area (Å²) in [7, 11) is -3.34. The number of aryl methyl sites for hydroxylation is 2. The number of aliphatic hydroxyl groups is 1. The van der Waals surface area contributed by atoms with Crippen LogP contribution in [0.5, 0.6) is 0 Å². The quantitative estimate of drug-likeness (QED) is 0.154. The van der Waals surface area contributed by atoms with Crippen LogP contribution in [0.4, 0.5) is 21.2 Å². The van der Waals surface area contributed by atoms with E-state index in [-0.39, 0.29) is 25.0 Å². The molecule has 1 fully saturated rings. The molecular weight excluding hydrogens is 693 g/mol. The third kappa shape index (κ3) is 5.62. The molecule has 0 radical (unpaired) electrons. The summed E-state index contributed by atoms with van der Waals surface area (Å²) in [5, 5.41) is 17.6. The fourth-order valence-electron chi connectivity index (χ4n) is 8.07. The highest BCUT2D eigenvalue weighted by atomic mass is 79.9. The number of fused-ring (bicyclic) bond motifs is 3. The maximum Gasteiger partial charge on any atom is 0.264 e. The van der Waals surface area contributed by atoms with E-state index in [1.165, 1.54) is 0 Å². The number of hydrogen-bond acceptors (Lipinski definition) is 6. The Morgan fingerprint density at radius 3 is 2.67 bits per heavy atom. The first-order valence-electron chi connectivity index (χ1n) is 16.5. The van der Waals surface area contributed by atoms with Gasteiger partial charge in [-0.25, -0.2) is 0 Å². The van der Waals surface area contributed by atoms with Crippen LogP contribution >= 0.6 is 15.9 Å². The number of rotatable bonds is 9. The number of anilines is 3. The van der Waals surface area contributed by atoms with Crippen LogP contribution in [0.25, 0.3) is 0 Å². The van der Waals surface area contributed by atoms with E-state index in [4.69, 9.17) is 4.74 Å². The predicted molar refractivity (Wildman–Crippen MR) is 187 cm³/mol. The Bertz CT molecular complexity index is 1880. The second-order valence-electron chi connectivity index (χ2n) is 13.6. The third-order valence-electron chi connectivity index (χ3n) is 10.1. The van der Waals surface area contributed by atoms with E-state index in [2.05, 4.69) is 32.3 Å². The maximum absolute atomic E-state index is 16.3. The van der Waals surface area contributed by atoms with Crippen molar-refractivity contribution in [2.75, 3.05) is 16.4 Å². The molecule has 1 spiro atoms. The first kappa shape index (κ1) is 32.8. The van der Waals surface area contributed by atoms with Gasteiger partial charge in [0.25, 0.3) is 5.91 Å². The number of nitrogens with zero attached hydrogens (tertiary/aromatic N) is 5. The summed E-state index contributed by atoms with van der Waals surface area (Å²) >= 11 is 3.62. The Balaban J connectivity index is 1.21. The normalized spacial score (nSPS) is 23.7. The number of hydrogen-bond donors (Lipinski definition) is 1. The average Bonchev–Trinajstić information content (AvgIpc) is 3.70. The molecule has 4 aromatic rings. The largest absolute Gasteiger partial charge is 0.396 e. The molecule has 0 bridgehead atoms. The molecule has 0 saturated carbocycles. The van der Waals surface area contributed by atoms with Crippen molar-refractivity contribution in [3.05, 3.63) is 99.8 Å². The summed E-state index contributed by atoms with van der Waals surface area (Å²) in [5.41, 5.74) is 4.01. The lowest BCUT2D eigenvalue weighted by Crippen LogP contribution is -2.45. The standard InChI is InChI=1S/C36H39BrFN5O4Si/c1-23-34(48(2,3)38)32(15-17-41-22-27(16-18-44)39-40-41)47-36(23)29-20-26(37)12-13-31(29)42(35(36)46)21-24-7-6-9-28(19-24)43-30-10-5-4-8-25(30)11-14-33(43)45/h4-10,12-13,19-20,22-23,32,34,44H,11,14-18,21H2,1-3H3/t23-,32+,34-,36+/m1/s1. The van der Waals surface area contributed by atoms with Crippen LogP contribution in [0.15, 0.2) is 77.4 Å². The molecule has 0 unspecified atom stereocenters. The van der Waals surface area contributed by atoms with Crippen LogP contribution in [0, 0.1) is 5.92 Å². The molecule has 7 rings (SSSR count). The Kier molecular flexibility index (Phi) is 8.63. The highest BCUT2D eigenvalue weighted by molar-refractivity contribution is 9.10. The molecule has 48 heavy (non-hydrogen) atoms. The van der Waals surface area contributed by atoms with Gasteiger partial charge in [0.1, 0.15) is 0 Å². The van der Waals surface area contributed by atoms with Crippen LogP contribution in [-0.4, -0.2) is 53.0 Å². The number of ether oxygens (including phenoxy) is 1. The zero-order valence-electron chi connectivity index (χ0n) is 27.3. The number of para-hydroxylation sites is 1. The zero-order valence-corrected chi connectivity index (χ0v) is 29.9. The van der Waals surface area contributed by atoms with Gasteiger partial charge in [-0.3, -0.25) is 19.2 Å². The predicted octanol–water partition coefficient (Wildman–Crippen LogP) is 6.60. The summed E-state index contributed by atoms with van der Waals surface area (Å²) < 4.78 is 25.7. The monoisotopic (exact) mass is 731 g/mol. The highest BCUT2D eigenvalue weighted by Gasteiger charge is 2.66. The van der Waals surface area contributed by atoms with Gasteiger partial charge in [0.15, 0.2) is 5.60 Å². The van der Waals surface area contributed by atoms with Crippen LogP contribution < -0.4 is 9.80 Å². The molecule has 3 aromatic carbocycles. The maximum atomic E-state index is 16.3. The minimum atomic E-state index is -3.34. The summed E-state index contributed by atoms with van der Waals surface area (Å²) in [4.78, 5) is 31.6. The Labute approximate surface area is 289 Å². The fourth-order valence-corrected chi connectivity index (χ4v) is 11.0. The van der Waals surface area contributed by atoms with Crippen LogP contribution in [0.1, 0.15) is 42.1 Å². The molecule has 4 atom stereocenters. The molecule has 0 aliphatic carbocycles. The molecular formula is C36H39BrFN5O4Si. The summed E-state index contributed by atoms with van der Waals surface area (Å²) in [6, 6.07) is 21.5. The number of benzene rings is 3. The van der Waals surface area contributed by atoms with E-state index >= 15 is 4.11 Å². The second kappa shape index (κ2) is 12.6. The fraction of sp³-hybridized carbons (Fsp3) is 0.389. The van der Waals surface area contributed by atoms with Crippen molar-refractivity contribution in [1.29, 1.82) is 0 Å². The number of amides is 2. The second-order valence-corrected chi connectivity index (χ2v) is 18.3. The number of aromatic nitrogens is 3. The lowest BCUT2D eigenvalue weighted by molar-refractivity contribution is -0.146. The average molecular weight is 733 g/mol. The molecule has 1 N–H and O–H groups in total. The van der Waals surface area contributed by atoms with Crippen molar-refractivity contribution in [3.8, 4) is 0 Å². The molecule has 4 heterocycles. The van der Waals surface area contributed by atoms with Crippen molar-refractivity contribution in [3.63, 3.8) is 0 Å². The molecule has 3 aliphatic heterocycles.